The SMILES string of the molecule is CC(C)N(CCCO)c1ccc([C@@H](C)N)cc1Br. The van der Waals surface area contributed by atoms with E-state index in [0.717, 1.165) is 28.7 Å². The molecule has 0 heterocycles. The first kappa shape index (κ1) is 15.5. The lowest BCUT2D eigenvalue weighted by Crippen LogP contribution is -2.32. The van der Waals surface area contributed by atoms with Crippen molar-refractivity contribution in [2.75, 3.05) is 18.1 Å². The molecule has 0 saturated carbocycles. The Morgan fingerprint density at radius 3 is 2.44 bits per heavy atom. The van der Waals surface area contributed by atoms with E-state index in [0.29, 0.717) is 6.04 Å². The monoisotopic (exact) mass is 314 g/mol. The van der Waals surface area contributed by atoms with Gasteiger partial charge in [-0.25, -0.2) is 0 Å². The maximum Gasteiger partial charge on any atom is 0.0513 e. The van der Waals surface area contributed by atoms with Crippen LogP contribution < -0.4 is 10.6 Å². The molecular weight excluding hydrogens is 292 g/mol. The third-order valence-electron chi connectivity index (χ3n) is 2.99. The average Bonchev–Trinajstić information content (AvgIpc) is 2.30. The first-order chi connectivity index (χ1) is 8.47. The number of benzene rings is 1. The normalized spacial score (nSPS) is 12.8. The van der Waals surface area contributed by atoms with Gasteiger partial charge in [0.1, 0.15) is 0 Å². The predicted octanol–water partition coefficient (Wildman–Crippen LogP) is 3.07. The van der Waals surface area contributed by atoms with Gasteiger partial charge < -0.3 is 15.7 Å². The van der Waals surface area contributed by atoms with Gasteiger partial charge in [0.05, 0.1) is 5.69 Å². The minimum absolute atomic E-state index is 0.0419. The number of anilines is 1. The Labute approximate surface area is 118 Å². The second-order valence-corrected chi connectivity index (χ2v) is 5.72. The van der Waals surface area contributed by atoms with E-state index >= 15 is 0 Å². The number of hydrogen-bond acceptors (Lipinski definition) is 3. The van der Waals surface area contributed by atoms with E-state index in [-0.39, 0.29) is 12.6 Å². The van der Waals surface area contributed by atoms with Gasteiger partial charge in [-0.3, -0.25) is 0 Å². The molecule has 102 valence electrons. The van der Waals surface area contributed by atoms with E-state index in [4.69, 9.17) is 10.8 Å². The van der Waals surface area contributed by atoms with Gasteiger partial charge >= 0.3 is 0 Å². The van der Waals surface area contributed by atoms with Crippen molar-refractivity contribution < 1.29 is 5.11 Å². The molecule has 1 aromatic rings. The topological polar surface area (TPSA) is 49.5 Å². The van der Waals surface area contributed by atoms with Crippen LogP contribution in [0.5, 0.6) is 0 Å². The molecule has 0 radical (unpaired) electrons. The number of aliphatic hydroxyl groups excluding tert-OH is 1. The van der Waals surface area contributed by atoms with Crippen molar-refractivity contribution in [3.63, 3.8) is 0 Å². The molecule has 3 N–H and O–H groups in total. The molecule has 0 aliphatic carbocycles. The van der Waals surface area contributed by atoms with Crippen LogP contribution in [0.4, 0.5) is 5.69 Å². The molecule has 0 aliphatic heterocycles. The summed E-state index contributed by atoms with van der Waals surface area (Å²) in [5.74, 6) is 0. The molecule has 0 unspecified atom stereocenters. The fourth-order valence-electron chi connectivity index (χ4n) is 1.94. The summed E-state index contributed by atoms with van der Waals surface area (Å²) in [6.45, 7) is 7.36. The lowest BCUT2D eigenvalue weighted by Gasteiger charge is -2.30. The van der Waals surface area contributed by atoms with Gasteiger partial charge in [0.15, 0.2) is 0 Å². The third kappa shape index (κ3) is 3.97. The van der Waals surface area contributed by atoms with Gasteiger partial charge in [-0.2, -0.15) is 0 Å². The zero-order valence-corrected chi connectivity index (χ0v) is 12.9. The molecule has 0 amide bonds. The minimum Gasteiger partial charge on any atom is -0.396 e. The summed E-state index contributed by atoms with van der Waals surface area (Å²) in [7, 11) is 0. The average molecular weight is 315 g/mol. The van der Waals surface area contributed by atoms with E-state index in [9.17, 15) is 0 Å². The van der Waals surface area contributed by atoms with E-state index in [1.165, 1.54) is 0 Å². The zero-order valence-electron chi connectivity index (χ0n) is 11.4. The zero-order chi connectivity index (χ0) is 13.7. The van der Waals surface area contributed by atoms with Gasteiger partial charge in [-0.05, 0) is 60.8 Å². The molecule has 18 heavy (non-hydrogen) atoms. The first-order valence-corrected chi connectivity index (χ1v) is 7.19. The second kappa shape index (κ2) is 7.12. The maximum atomic E-state index is 8.98. The lowest BCUT2D eigenvalue weighted by molar-refractivity contribution is 0.288. The number of nitrogens with two attached hydrogens (primary N) is 1. The van der Waals surface area contributed by atoms with Crippen LogP contribution in [0.1, 0.15) is 38.8 Å². The number of nitrogens with zero attached hydrogens (tertiary/aromatic N) is 1. The summed E-state index contributed by atoms with van der Waals surface area (Å²) in [6.07, 6.45) is 0.777. The summed E-state index contributed by atoms with van der Waals surface area (Å²) in [5, 5.41) is 8.98. The van der Waals surface area contributed by atoms with Gasteiger partial charge in [-0.1, -0.05) is 6.07 Å². The van der Waals surface area contributed by atoms with Crippen LogP contribution in [0.25, 0.3) is 0 Å². The van der Waals surface area contributed by atoms with Crippen molar-refractivity contribution in [2.45, 2.75) is 39.3 Å². The van der Waals surface area contributed by atoms with Crippen LogP contribution in [0.15, 0.2) is 22.7 Å². The van der Waals surface area contributed by atoms with Crippen LogP contribution in [0.2, 0.25) is 0 Å². The molecular formula is C14H23BrN2O. The highest BCUT2D eigenvalue weighted by Crippen LogP contribution is 2.30. The van der Waals surface area contributed by atoms with Crippen molar-refractivity contribution >= 4 is 21.6 Å². The molecule has 0 fully saturated rings. The minimum atomic E-state index is 0.0419. The molecule has 1 aromatic carbocycles. The molecule has 0 aliphatic rings. The third-order valence-corrected chi connectivity index (χ3v) is 3.62. The summed E-state index contributed by atoms with van der Waals surface area (Å²) in [5.41, 5.74) is 8.16. The molecule has 0 saturated heterocycles. The molecule has 1 rings (SSSR count). The van der Waals surface area contributed by atoms with Gasteiger partial charge in [0, 0.05) is 29.7 Å². The van der Waals surface area contributed by atoms with Crippen LogP contribution in [-0.2, 0) is 0 Å². The largest absolute Gasteiger partial charge is 0.396 e. The lowest BCUT2D eigenvalue weighted by atomic mass is 10.1. The number of halogens is 1. The smallest absolute Gasteiger partial charge is 0.0513 e. The quantitative estimate of drug-likeness (QED) is 0.848. The van der Waals surface area contributed by atoms with Crippen molar-refractivity contribution in [1.29, 1.82) is 0 Å². The Kier molecular flexibility index (Phi) is 6.12. The van der Waals surface area contributed by atoms with Crippen LogP contribution in [-0.4, -0.2) is 24.3 Å². The van der Waals surface area contributed by atoms with Crippen molar-refractivity contribution in [3.8, 4) is 0 Å². The molecule has 3 nitrogen and oxygen atoms in total. The van der Waals surface area contributed by atoms with Crippen molar-refractivity contribution in [1.82, 2.24) is 0 Å². The van der Waals surface area contributed by atoms with Crippen molar-refractivity contribution in [2.24, 2.45) is 5.73 Å². The molecule has 0 aromatic heterocycles. The summed E-state index contributed by atoms with van der Waals surface area (Å²) in [4.78, 5) is 2.28. The van der Waals surface area contributed by atoms with Crippen LogP contribution in [0.3, 0.4) is 0 Å². The van der Waals surface area contributed by atoms with Crippen LogP contribution in [0, 0.1) is 0 Å². The summed E-state index contributed by atoms with van der Waals surface area (Å²) >= 11 is 3.62. The Bertz CT molecular complexity index is 380. The fraction of sp³-hybridized carbons (Fsp3) is 0.571. The highest BCUT2D eigenvalue weighted by Gasteiger charge is 2.14. The standard InChI is InChI=1S/C14H23BrN2O/c1-10(2)17(7-4-8-18)14-6-5-12(11(3)16)9-13(14)15/h5-6,9-11,18H,4,7-8,16H2,1-3H3/t11-/m1/s1. The predicted molar refractivity (Wildman–Crippen MR) is 80.9 cm³/mol. The molecule has 0 bridgehead atoms. The van der Waals surface area contributed by atoms with E-state index < -0.39 is 0 Å². The Morgan fingerprint density at radius 1 is 1.33 bits per heavy atom. The van der Waals surface area contributed by atoms with E-state index in [2.05, 4.69) is 52.9 Å². The van der Waals surface area contributed by atoms with E-state index in [1.807, 2.05) is 6.92 Å². The van der Waals surface area contributed by atoms with Crippen LogP contribution >= 0.6 is 15.9 Å². The maximum absolute atomic E-state index is 8.98. The number of hydrogen-bond donors (Lipinski definition) is 2. The Balaban J connectivity index is 2.98. The van der Waals surface area contributed by atoms with Gasteiger partial charge in [0.25, 0.3) is 0 Å². The Hall–Kier alpha value is -0.580. The summed E-state index contributed by atoms with van der Waals surface area (Å²) < 4.78 is 1.06. The van der Waals surface area contributed by atoms with Gasteiger partial charge in [0.2, 0.25) is 0 Å². The highest BCUT2D eigenvalue weighted by molar-refractivity contribution is 9.10. The Morgan fingerprint density at radius 2 is 2.00 bits per heavy atom. The van der Waals surface area contributed by atoms with Crippen molar-refractivity contribution in [3.05, 3.63) is 28.2 Å². The fourth-order valence-corrected chi connectivity index (χ4v) is 2.56. The highest BCUT2D eigenvalue weighted by atomic mass is 79.9. The van der Waals surface area contributed by atoms with E-state index in [1.54, 1.807) is 0 Å². The first-order valence-electron chi connectivity index (χ1n) is 6.40. The molecule has 1 atom stereocenters. The number of rotatable bonds is 6. The number of aliphatic hydroxyl groups is 1. The second-order valence-electron chi connectivity index (χ2n) is 4.86. The van der Waals surface area contributed by atoms with Gasteiger partial charge in [-0.15, -0.1) is 0 Å². The molecule has 4 heteroatoms. The summed E-state index contributed by atoms with van der Waals surface area (Å²) in [6, 6.07) is 6.68. The molecule has 0 spiro atoms.